The molecule has 2 aromatic carbocycles. The Kier molecular flexibility index (Phi) is 5.73. The first-order valence-corrected chi connectivity index (χ1v) is 7.94. The second-order valence-corrected chi connectivity index (χ2v) is 6.48. The Hall–Kier alpha value is -0.520. The molecule has 0 fully saturated rings. The number of hydrogen-bond donors (Lipinski definition) is 2. The van der Waals surface area contributed by atoms with Gasteiger partial charge in [-0.25, -0.2) is 0 Å². The molecule has 1 unspecified atom stereocenters. The number of halogens is 2. The first kappa shape index (κ1) is 14.9. The van der Waals surface area contributed by atoms with Crippen LogP contribution in [0.2, 0.25) is 5.02 Å². The van der Waals surface area contributed by atoms with Gasteiger partial charge in [-0.1, -0.05) is 45.7 Å². The van der Waals surface area contributed by atoms with E-state index in [1.807, 2.05) is 36.4 Å². The van der Waals surface area contributed by atoms with Gasteiger partial charge in [0.05, 0.1) is 6.04 Å². The third-order valence-electron chi connectivity index (χ3n) is 2.69. The van der Waals surface area contributed by atoms with Crippen LogP contribution in [0, 0.1) is 0 Å². The molecule has 0 heterocycles. The summed E-state index contributed by atoms with van der Waals surface area (Å²) >= 11 is 11.1. The highest BCUT2D eigenvalue weighted by Gasteiger charge is 2.10. The normalized spacial score (nSPS) is 12.4. The van der Waals surface area contributed by atoms with Crippen molar-refractivity contribution in [2.75, 3.05) is 5.75 Å². The van der Waals surface area contributed by atoms with Crippen molar-refractivity contribution < 1.29 is 0 Å². The first-order valence-electron chi connectivity index (χ1n) is 5.79. The monoisotopic (exact) mass is 356 g/mol. The van der Waals surface area contributed by atoms with Crippen LogP contribution in [0.3, 0.4) is 0 Å². The van der Waals surface area contributed by atoms with Crippen molar-refractivity contribution in [2.45, 2.75) is 10.9 Å². The first-order chi connectivity index (χ1) is 9.19. The molecule has 0 saturated heterocycles. The van der Waals surface area contributed by atoms with Gasteiger partial charge in [-0.15, -0.1) is 11.8 Å². The van der Waals surface area contributed by atoms with E-state index >= 15 is 0 Å². The summed E-state index contributed by atoms with van der Waals surface area (Å²) in [4.78, 5) is 1.21. The lowest BCUT2D eigenvalue weighted by Crippen LogP contribution is -2.29. The minimum Gasteiger partial charge on any atom is -0.271 e. The maximum atomic E-state index is 5.89. The van der Waals surface area contributed by atoms with Crippen LogP contribution >= 0.6 is 39.3 Å². The largest absolute Gasteiger partial charge is 0.271 e. The van der Waals surface area contributed by atoms with Crippen LogP contribution in [-0.2, 0) is 0 Å². The second-order valence-electron chi connectivity index (χ2n) is 4.04. The Labute approximate surface area is 130 Å². The molecule has 0 aliphatic carbocycles. The molecule has 0 saturated carbocycles. The lowest BCUT2D eigenvalue weighted by Gasteiger charge is -2.16. The maximum absolute atomic E-state index is 5.89. The highest BCUT2D eigenvalue weighted by Crippen LogP contribution is 2.27. The van der Waals surface area contributed by atoms with Crippen LogP contribution in [0.25, 0.3) is 0 Å². The number of nitrogens with two attached hydrogens (primary N) is 1. The Morgan fingerprint density at radius 2 is 1.95 bits per heavy atom. The number of thioether (sulfide) groups is 1. The molecule has 5 heteroatoms. The minimum absolute atomic E-state index is 0.0984. The predicted molar refractivity (Wildman–Crippen MR) is 86.4 cm³/mol. The van der Waals surface area contributed by atoms with Gasteiger partial charge in [0.15, 0.2) is 0 Å². The number of nitrogens with one attached hydrogen (secondary N) is 1. The summed E-state index contributed by atoms with van der Waals surface area (Å²) in [6.45, 7) is 0. The zero-order valence-corrected chi connectivity index (χ0v) is 13.3. The molecule has 0 amide bonds. The zero-order chi connectivity index (χ0) is 13.7. The van der Waals surface area contributed by atoms with Crippen molar-refractivity contribution in [3.8, 4) is 0 Å². The summed E-state index contributed by atoms with van der Waals surface area (Å²) in [5.41, 5.74) is 3.98. The lowest BCUT2D eigenvalue weighted by atomic mass is 10.1. The third kappa shape index (κ3) is 4.51. The third-order valence-corrected chi connectivity index (χ3v) is 4.52. The molecule has 3 N–H and O–H groups in total. The second kappa shape index (κ2) is 7.31. The lowest BCUT2D eigenvalue weighted by molar-refractivity contribution is 0.611. The molecular weight excluding hydrogens is 344 g/mol. The topological polar surface area (TPSA) is 38.0 Å². The summed E-state index contributed by atoms with van der Waals surface area (Å²) in [6.07, 6.45) is 0. The molecule has 0 aliphatic rings. The van der Waals surface area contributed by atoms with E-state index in [1.165, 1.54) is 4.90 Å². The van der Waals surface area contributed by atoms with E-state index in [9.17, 15) is 0 Å². The molecule has 2 rings (SSSR count). The Morgan fingerprint density at radius 1 is 1.21 bits per heavy atom. The SMILES string of the molecule is NNC(CSc1cccc(Br)c1)c1ccc(Cl)cc1. The average Bonchev–Trinajstić information content (AvgIpc) is 2.41. The Bertz CT molecular complexity index is 533. The van der Waals surface area contributed by atoms with Gasteiger partial charge in [0.1, 0.15) is 0 Å². The van der Waals surface area contributed by atoms with Crippen LogP contribution in [-0.4, -0.2) is 5.75 Å². The smallest absolute Gasteiger partial charge is 0.0553 e. The van der Waals surface area contributed by atoms with Gasteiger partial charge in [-0.2, -0.15) is 0 Å². The quantitative estimate of drug-likeness (QED) is 0.473. The molecule has 100 valence electrons. The highest BCUT2D eigenvalue weighted by molar-refractivity contribution is 9.10. The van der Waals surface area contributed by atoms with Gasteiger partial charge in [0.2, 0.25) is 0 Å². The summed E-state index contributed by atoms with van der Waals surface area (Å²) in [5, 5.41) is 0.735. The minimum atomic E-state index is 0.0984. The molecule has 2 nitrogen and oxygen atoms in total. The van der Waals surface area contributed by atoms with Gasteiger partial charge in [0, 0.05) is 20.1 Å². The van der Waals surface area contributed by atoms with Crippen LogP contribution in [0.15, 0.2) is 57.9 Å². The number of hydrazine groups is 1. The van der Waals surface area contributed by atoms with Crippen molar-refractivity contribution in [3.05, 3.63) is 63.6 Å². The van der Waals surface area contributed by atoms with E-state index in [0.717, 1.165) is 20.8 Å². The van der Waals surface area contributed by atoms with E-state index in [-0.39, 0.29) is 6.04 Å². The summed E-state index contributed by atoms with van der Waals surface area (Å²) in [7, 11) is 0. The predicted octanol–water partition coefficient (Wildman–Crippen LogP) is 4.40. The fourth-order valence-corrected chi connectivity index (χ4v) is 3.38. The maximum Gasteiger partial charge on any atom is 0.0553 e. The molecular formula is C14H14BrClN2S. The van der Waals surface area contributed by atoms with Crippen LogP contribution < -0.4 is 11.3 Å². The van der Waals surface area contributed by atoms with Gasteiger partial charge in [-0.3, -0.25) is 11.3 Å². The fourth-order valence-electron chi connectivity index (χ4n) is 1.67. The molecule has 1 atom stereocenters. The van der Waals surface area contributed by atoms with E-state index in [4.69, 9.17) is 17.4 Å². The molecule has 0 radical (unpaired) electrons. The van der Waals surface area contributed by atoms with Crippen LogP contribution in [0.1, 0.15) is 11.6 Å². The number of hydrogen-bond acceptors (Lipinski definition) is 3. The molecule has 2 aromatic rings. The van der Waals surface area contributed by atoms with Gasteiger partial charge >= 0.3 is 0 Å². The summed E-state index contributed by atoms with van der Waals surface area (Å²) in [5.74, 6) is 6.49. The van der Waals surface area contributed by atoms with E-state index in [1.54, 1.807) is 11.8 Å². The molecule has 0 aromatic heterocycles. The van der Waals surface area contributed by atoms with Crippen molar-refractivity contribution in [1.29, 1.82) is 0 Å². The van der Waals surface area contributed by atoms with Gasteiger partial charge < -0.3 is 0 Å². The van der Waals surface area contributed by atoms with Gasteiger partial charge in [0.25, 0.3) is 0 Å². The van der Waals surface area contributed by atoms with E-state index < -0.39 is 0 Å². The van der Waals surface area contributed by atoms with Crippen molar-refractivity contribution in [1.82, 2.24) is 5.43 Å². The summed E-state index contributed by atoms with van der Waals surface area (Å²) in [6, 6.07) is 16.1. The summed E-state index contributed by atoms with van der Waals surface area (Å²) < 4.78 is 1.08. The van der Waals surface area contributed by atoms with E-state index in [0.29, 0.717) is 0 Å². The number of rotatable bonds is 5. The fraction of sp³-hybridized carbons (Fsp3) is 0.143. The molecule has 0 aliphatic heterocycles. The van der Waals surface area contributed by atoms with Crippen LogP contribution in [0.4, 0.5) is 0 Å². The van der Waals surface area contributed by atoms with Crippen LogP contribution in [0.5, 0.6) is 0 Å². The highest BCUT2D eigenvalue weighted by atomic mass is 79.9. The standard InChI is InChI=1S/C14H14BrClN2S/c15-11-2-1-3-13(8-11)19-9-14(18-17)10-4-6-12(16)7-5-10/h1-8,14,18H,9,17H2. The average molecular weight is 358 g/mol. The van der Waals surface area contributed by atoms with Gasteiger partial charge in [-0.05, 0) is 35.9 Å². The van der Waals surface area contributed by atoms with Crippen molar-refractivity contribution in [3.63, 3.8) is 0 Å². The van der Waals surface area contributed by atoms with Crippen molar-refractivity contribution >= 4 is 39.3 Å². The zero-order valence-electron chi connectivity index (χ0n) is 10.1. The Balaban J connectivity index is 2.01. The molecule has 0 bridgehead atoms. The Morgan fingerprint density at radius 3 is 2.58 bits per heavy atom. The van der Waals surface area contributed by atoms with E-state index in [2.05, 4.69) is 33.5 Å². The molecule has 19 heavy (non-hydrogen) atoms. The number of benzene rings is 2. The molecule has 0 spiro atoms. The van der Waals surface area contributed by atoms with Crippen molar-refractivity contribution in [2.24, 2.45) is 5.84 Å².